The molecule has 0 aliphatic carbocycles. The van der Waals surface area contributed by atoms with E-state index in [1.165, 1.54) is 18.2 Å². The predicted molar refractivity (Wildman–Crippen MR) is 77.5 cm³/mol. The van der Waals surface area contributed by atoms with Crippen LogP contribution in [0.5, 0.6) is 0 Å². The lowest BCUT2D eigenvalue weighted by atomic mass is 10.0. The van der Waals surface area contributed by atoms with Gasteiger partial charge in [0.1, 0.15) is 11.6 Å². The minimum atomic E-state index is -0.215. The third kappa shape index (κ3) is 4.14. The van der Waals surface area contributed by atoms with Gasteiger partial charge in [-0.25, -0.2) is 8.78 Å². The maximum absolute atomic E-state index is 13.2. The summed E-state index contributed by atoms with van der Waals surface area (Å²) in [5.41, 5.74) is 2.06. The summed E-state index contributed by atoms with van der Waals surface area (Å²) in [4.78, 5) is 0. The Morgan fingerprint density at radius 1 is 1.00 bits per heavy atom. The second-order valence-corrected chi connectivity index (χ2v) is 4.85. The summed E-state index contributed by atoms with van der Waals surface area (Å²) in [5, 5.41) is 3.42. The predicted octanol–water partition coefficient (Wildman–Crippen LogP) is 4.25. The molecular weight excluding hydrogens is 256 g/mol. The Labute approximate surface area is 118 Å². The molecule has 1 unspecified atom stereocenters. The summed E-state index contributed by atoms with van der Waals surface area (Å²) < 4.78 is 26.0. The summed E-state index contributed by atoms with van der Waals surface area (Å²) in [6, 6.07) is 13.4. The first-order valence-corrected chi connectivity index (χ1v) is 6.92. The first-order chi connectivity index (χ1) is 9.69. The maximum Gasteiger partial charge on any atom is 0.123 e. The fraction of sp³-hybridized carbons (Fsp3) is 0.294. The molecular formula is C17H19F2N. The van der Waals surface area contributed by atoms with E-state index in [9.17, 15) is 8.78 Å². The summed E-state index contributed by atoms with van der Waals surface area (Å²) in [6.45, 7) is 2.85. The van der Waals surface area contributed by atoms with Gasteiger partial charge in [-0.15, -0.1) is 0 Å². The van der Waals surface area contributed by atoms with Crippen molar-refractivity contribution in [1.82, 2.24) is 5.32 Å². The molecule has 1 atom stereocenters. The van der Waals surface area contributed by atoms with Crippen molar-refractivity contribution in [2.24, 2.45) is 0 Å². The van der Waals surface area contributed by atoms with Gasteiger partial charge in [-0.1, -0.05) is 31.2 Å². The zero-order chi connectivity index (χ0) is 14.4. The molecule has 0 fully saturated rings. The van der Waals surface area contributed by atoms with Gasteiger partial charge in [0.05, 0.1) is 0 Å². The quantitative estimate of drug-likeness (QED) is 0.831. The molecule has 20 heavy (non-hydrogen) atoms. The molecule has 1 nitrogen and oxygen atoms in total. The number of hydrogen-bond donors (Lipinski definition) is 1. The van der Waals surface area contributed by atoms with E-state index in [-0.39, 0.29) is 17.7 Å². The van der Waals surface area contributed by atoms with E-state index < -0.39 is 0 Å². The van der Waals surface area contributed by atoms with E-state index in [4.69, 9.17) is 0 Å². The highest BCUT2D eigenvalue weighted by Crippen LogP contribution is 2.17. The van der Waals surface area contributed by atoms with Gasteiger partial charge in [-0.2, -0.15) is 0 Å². The average Bonchev–Trinajstić information content (AvgIpc) is 2.45. The smallest absolute Gasteiger partial charge is 0.123 e. The van der Waals surface area contributed by atoms with Gasteiger partial charge < -0.3 is 5.32 Å². The molecule has 0 bridgehead atoms. The van der Waals surface area contributed by atoms with E-state index in [1.54, 1.807) is 24.3 Å². The molecule has 106 valence electrons. The highest BCUT2D eigenvalue weighted by atomic mass is 19.1. The molecule has 2 rings (SSSR count). The van der Waals surface area contributed by atoms with Crippen molar-refractivity contribution in [3.63, 3.8) is 0 Å². The minimum Gasteiger partial charge on any atom is -0.310 e. The van der Waals surface area contributed by atoms with E-state index in [0.29, 0.717) is 0 Å². The van der Waals surface area contributed by atoms with Crippen LogP contribution in [0.4, 0.5) is 8.78 Å². The van der Waals surface area contributed by atoms with E-state index in [1.807, 2.05) is 6.07 Å². The largest absolute Gasteiger partial charge is 0.310 e. The van der Waals surface area contributed by atoms with Gasteiger partial charge in [-0.05, 0) is 54.8 Å². The van der Waals surface area contributed by atoms with E-state index >= 15 is 0 Å². The molecule has 3 heteroatoms. The maximum atomic E-state index is 13.2. The Kier molecular flexibility index (Phi) is 5.24. The average molecular weight is 275 g/mol. The number of benzene rings is 2. The van der Waals surface area contributed by atoms with Crippen LogP contribution in [0.1, 0.15) is 30.5 Å². The van der Waals surface area contributed by atoms with Crippen LogP contribution in [0, 0.1) is 11.6 Å². The molecule has 2 aromatic rings. The number of nitrogens with one attached hydrogen (secondary N) is 1. The Morgan fingerprint density at radius 2 is 1.75 bits per heavy atom. The van der Waals surface area contributed by atoms with Crippen molar-refractivity contribution in [3.8, 4) is 0 Å². The standard InChI is InChI=1S/C17H19F2N/c1-2-17(14-4-3-5-16(19)12-14)20-11-10-13-6-8-15(18)9-7-13/h3-9,12,17,20H,2,10-11H2,1H3. The zero-order valence-corrected chi connectivity index (χ0v) is 11.6. The van der Waals surface area contributed by atoms with Crippen LogP contribution >= 0.6 is 0 Å². The Hall–Kier alpha value is -1.74. The first-order valence-electron chi connectivity index (χ1n) is 6.92. The third-order valence-corrected chi connectivity index (χ3v) is 3.38. The van der Waals surface area contributed by atoms with E-state index in [0.717, 1.165) is 30.5 Å². The SMILES string of the molecule is CCC(NCCc1ccc(F)cc1)c1cccc(F)c1. The van der Waals surface area contributed by atoms with Crippen molar-refractivity contribution in [2.45, 2.75) is 25.8 Å². The van der Waals surface area contributed by atoms with Crippen molar-refractivity contribution < 1.29 is 8.78 Å². The lowest BCUT2D eigenvalue weighted by molar-refractivity contribution is 0.517. The topological polar surface area (TPSA) is 12.0 Å². The van der Waals surface area contributed by atoms with Gasteiger partial charge in [0.2, 0.25) is 0 Å². The summed E-state index contributed by atoms with van der Waals surface area (Å²) >= 11 is 0. The van der Waals surface area contributed by atoms with Gasteiger partial charge in [0.15, 0.2) is 0 Å². The molecule has 0 radical (unpaired) electrons. The van der Waals surface area contributed by atoms with Crippen molar-refractivity contribution in [3.05, 3.63) is 71.3 Å². The van der Waals surface area contributed by atoms with Gasteiger partial charge in [0.25, 0.3) is 0 Å². The minimum absolute atomic E-state index is 0.145. The molecule has 0 aliphatic heterocycles. The molecule has 0 amide bonds. The molecule has 0 saturated heterocycles. The molecule has 0 spiro atoms. The van der Waals surface area contributed by atoms with E-state index in [2.05, 4.69) is 12.2 Å². The normalized spacial score (nSPS) is 12.3. The first kappa shape index (κ1) is 14.7. The Balaban J connectivity index is 1.89. The molecule has 0 aliphatic rings. The van der Waals surface area contributed by atoms with Crippen LogP contribution in [-0.4, -0.2) is 6.54 Å². The highest BCUT2D eigenvalue weighted by Gasteiger charge is 2.08. The lowest BCUT2D eigenvalue weighted by Crippen LogP contribution is -2.23. The van der Waals surface area contributed by atoms with Crippen LogP contribution in [0.2, 0.25) is 0 Å². The van der Waals surface area contributed by atoms with Crippen LogP contribution in [0.25, 0.3) is 0 Å². The summed E-state index contributed by atoms with van der Waals surface area (Å²) in [6.07, 6.45) is 1.72. The second-order valence-electron chi connectivity index (χ2n) is 4.85. The van der Waals surface area contributed by atoms with Crippen molar-refractivity contribution >= 4 is 0 Å². The molecule has 1 N–H and O–H groups in total. The fourth-order valence-electron chi connectivity index (χ4n) is 2.26. The van der Waals surface area contributed by atoms with Crippen molar-refractivity contribution in [2.75, 3.05) is 6.54 Å². The van der Waals surface area contributed by atoms with Crippen LogP contribution in [0.15, 0.2) is 48.5 Å². The molecule has 0 saturated carbocycles. The Morgan fingerprint density at radius 3 is 2.40 bits per heavy atom. The zero-order valence-electron chi connectivity index (χ0n) is 11.6. The van der Waals surface area contributed by atoms with Gasteiger partial charge in [0, 0.05) is 6.04 Å². The fourth-order valence-corrected chi connectivity index (χ4v) is 2.26. The molecule has 2 aromatic carbocycles. The summed E-state index contributed by atoms with van der Waals surface area (Å²) in [5.74, 6) is -0.422. The van der Waals surface area contributed by atoms with Crippen molar-refractivity contribution in [1.29, 1.82) is 0 Å². The highest BCUT2D eigenvalue weighted by molar-refractivity contribution is 5.20. The van der Waals surface area contributed by atoms with Gasteiger partial charge >= 0.3 is 0 Å². The van der Waals surface area contributed by atoms with Crippen LogP contribution in [0.3, 0.4) is 0 Å². The van der Waals surface area contributed by atoms with Crippen LogP contribution < -0.4 is 5.32 Å². The van der Waals surface area contributed by atoms with Gasteiger partial charge in [-0.3, -0.25) is 0 Å². The summed E-state index contributed by atoms with van der Waals surface area (Å²) in [7, 11) is 0. The Bertz CT molecular complexity index is 537. The number of hydrogen-bond acceptors (Lipinski definition) is 1. The lowest BCUT2D eigenvalue weighted by Gasteiger charge is -2.17. The third-order valence-electron chi connectivity index (χ3n) is 3.38. The number of rotatable bonds is 6. The number of halogens is 2. The van der Waals surface area contributed by atoms with Crippen LogP contribution in [-0.2, 0) is 6.42 Å². The molecule has 0 heterocycles. The molecule has 0 aromatic heterocycles. The second kappa shape index (κ2) is 7.15. The monoisotopic (exact) mass is 275 g/mol.